The van der Waals surface area contributed by atoms with Crippen molar-refractivity contribution < 1.29 is 19.2 Å². The summed E-state index contributed by atoms with van der Waals surface area (Å²) in [6.45, 7) is 8.39. The third-order valence-corrected chi connectivity index (χ3v) is 7.73. The number of likely N-dealkylation sites (N-methyl/N-ethyl adjacent to an activating group) is 1. The molecule has 1 aromatic carbocycles. The second-order valence-electron chi connectivity index (χ2n) is 10.8. The Labute approximate surface area is 207 Å². The van der Waals surface area contributed by atoms with Gasteiger partial charge in [0.2, 0.25) is 0 Å². The average Bonchev–Trinajstić information content (AvgIpc) is 3.29. The highest BCUT2D eigenvalue weighted by Gasteiger charge is 2.52. The fourth-order valence-corrected chi connectivity index (χ4v) is 4.35. The van der Waals surface area contributed by atoms with Crippen molar-refractivity contribution >= 4 is 24.3 Å². The van der Waals surface area contributed by atoms with Crippen LogP contribution in [0, 0.1) is 0 Å². The van der Waals surface area contributed by atoms with Crippen LogP contribution in [0.3, 0.4) is 0 Å². The molecule has 35 heavy (non-hydrogen) atoms. The van der Waals surface area contributed by atoms with E-state index in [4.69, 9.17) is 15.0 Å². The number of carbonyl (C=O) groups is 1. The molecule has 0 bridgehead atoms. The number of hydrogen-bond acceptors (Lipinski definition) is 6. The molecule has 1 saturated carbocycles. The van der Waals surface area contributed by atoms with Gasteiger partial charge in [-0.2, -0.15) is 10.1 Å². The highest BCUT2D eigenvalue weighted by atomic mass is 16.7. The van der Waals surface area contributed by atoms with Gasteiger partial charge < -0.3 is 20.1 Å². The minimum atomic E-state index is -0.704. The summed E-state index contributed by atoms with van der Waals surface area (Å²) in [6, 6.07) is 8.08. The first-order valence-electron chi connectivity index (χ1n) is 12.1. The number of aliphatic hydroxyl groups excluding tert-OH is 1. The van der Waals surface area contributed by atoms with E-state index < -0.39 is 35.9 Å². The van der Waals surface area contributed by atoms with Gasteiger partial charge in [-0.05, 0) is 65.7 Å². The second kappa shape index (κ2) is 9.17. The molecular weight excluding hydrogens is 445 g/mol. The number of nitrogens with zero attached hydrogens (tertiary/aromatic N) is 4. The smallest absolute Gasteiger partial charge is 0.399 e. The van der Waals surface area contributed by atoms with Crippen molar-refractivity contribution in [3.63, 3.8) is 0 Å². The summed E-state index contributed by atoms with van der Waals surface area (Å²) >= 11 is 0. The normalized spacial score (nSPS) is 21.7. The fraction of sp³-hybridized carbons (Fsp3) is 0.560. The molecule has 9 nitrogen and oxygen atoms in total. The van der Waals surface area contributed by atoms with Crippen LogP contribution in [0.4, 0.5) is 0 Å². The van der Waals surface area contributed by atoms with Crippen LogP contribution >= 0.6 is 0 Å². The molecule has 2 heterocycles. The van der Waals surface area contributed by atoms with Gasteiger partial charge in [0, 0.05) is 6.20 Å². The number of amides is 1. The lowest BCUT2D eigenvalue weighted by atomic mass is 9.63. The maximum Gasteiger partial charge on any atom is 0.494 e. The van der Waals surface area contributed by atoms with Gasteiger partial charge in [0.05, 0.1) is 34.9 Å². The Bertz CT molecular complexity index is 1090. The van der Waals surface area contributed by atoms with E-state index >= 15 is 0 Å². The van der Waals surface area contributed by atoms with E-state index in [1.54, 1.807) is 25.2 Å². The molecule has 1 atom stereocenters. The molecule has 2 aromatic rings. The minimum absolute atomic E-state index is 0.249. The molecule has 1 amide bonds. The standard InChI is InChI=1S/C25H36BN5O4/c1-23(2)24(3,4)35-26(34-23)19-10-8-18(9-11-19)25(12-7-13-25)22(27)29-21(33)17-14-28-31(15-17)16-20(32)30(5)6/h8-11,14-15,20,32H,7,12-13,16H2,1-6H3,(H2,27,29,33). The Morgan fingerprint density at radius 2 is 1.80 bits per heavy atom. The number of rotatable bonds is 7. The molecule has 1 aliphatic heterocycles. The zero-order valence-electron chi connectivity index (χ0n) is 21.5. The first-order chi connectivity index (χ1) is 16.3. The number of aromatic nitrogens is 2. The molecular formula is C25H36BN5O4. The van der Waals surface area contributed by atoms with Gasteiger partial charge in [-0.15, -0.1) is 0 Å². The largest absolute Gasteiger partial charge is 0.494 e. The van der Waals surface area contributed by atoms with Crippen molar-refractivity contribution in [2.75, 3.05) is 14.1 Å². The van der Waals surface area contributed by atoms with Crippen LogP contribution in [0.5, 0.6) is 0 Å². The van der Waals surface area contributed by atoms with Gasteiger partial charge in [-0.1, -0.05) is 30.7 Å². The third kappa shape index (κ3) is 4.80. The average molecular weight is 481 g/mol. The van der Waals surface area contributed by atoms with E-state index in [-0.39, 0.29) is 6.54 Å². The summed E-state index contributed by atoms with van der Waals surface area (Å²) in [4.78, 5) is 18.8. The Morgan fingerprint density at radius 1 is 1.20 bits per heavy atom. The molecule has 188 valence electrons. The van der Waals surface area contributed by atoms with E-state index in [1.807, 2.05) is 52.0 Å². The zero-order chi connectivity index (χ0) is 25.6. The van der Waals surface area contributed by atoms with Gasteiger partial charge >= 0.3 is 7.12 Å². The van der Waals surface area contributed by atoms with Crippen molar-refractivity contribution in [1.82, 2.24) is 14.7 Å². The summed E-state index contributed by atoms with van der Waals surface area (Å²) in [5, 5.41) is 14.2. The molecule has 3 N–H and O–H groups in total. The number of aliphatic imine (C=N–C) groups is 1. The van der Waals surface area contributed by atoms with Crippen molar-refractivity contribution in [1.29, 1.82) is 0 Å². The molecule has 1 aromatic heterocycles. The number of carbonyl (C=O) groups excluding carboxylic acids is 1. The molecule has 1 saturated heterocycles. The quantitative estimate of drug-likeness (QED) is 0.268. The lowest BCUT2D eigenvalue weighted by Gasteiger charge is -2.41. The van der Waals surface area contributed by atoms with Crippen molar-refractivity contribution in [2.45, 2.75) is 76.3 Å². The Hall–Kier alpha value is -2.53. The monoisotopic (exact) mass is 481 g/mol. The number of aliphatic hydroxyl groups is 1. The molecule has 1 aliphatic carbocycles. The second-order valence-corrected chi connectivity index (χ2v) is 10.8. The summed E-state index contributed by atoms with van der Waals surface area (Å²) in [6.07, 6.45) is 5.01. The topological polar surface area (TPSA) is 115 Å². The van der Waals surface area contributed by atoms with Crippen molar-refractivity contribution in [2.24, 2.45) is 10.7 Å². The van der Waals surface area contributed by atoms with Crippen LogP contribution in [0.1, 0.15) is 62.9 Å². The first-order valence-corrected chi connectivity index (χ1v) is 12.1. The van der Waals surface area contributed by atoms with Crippen LogP contribution in [0.15, 0.2) is 41.7 Å². The lowest BCUT2D eigenvalue weighted by Crippen LogP contribution is -2.47. The predicted molar refractivity (Wildman–Crippen MR) is 136 cm³/mol. The van der Waals surface area contributed by atoms with Gasteiger partial charge in [0.25, 0.3) is 5.91 Å². The van der Waals surface area contributed by atoms with Crippen LogP contribution in [-0.4, -0.2) is 70.2 Å². The summed E-state index contributed by atoms with van der Waals surface area (Å²) in [5.41, 5.74) is 7.50. The van der Waals surface area contributed by atoms with Crippen molar-refractivity contribution in [3.05, 3.63) is 47.8 Å². The Balaban J connectivity index is 1.50. The molecule has 1 unspecified atom stereocenters. The van der Waals surface area contributed by atoms with Crippen LogP contribution < -0.4 is 11.2 Å². The van der Waals surface area contributed by atoms with Crippen LogP contribution in [0.2, 0.25) is 0 Å². The number of hydrogen-bond donors (Lipinski definition) is 2. The molecule has 0 spiro atoms. The number of nitrogens with two attached hydrogens (primary N) is 1. The predicted octanol–water partition coefficient (Wildman–Crippen LogP) is 1.68. The Kier molecular flexibility index (Phi) is 6.69. The van der Waals surface area contributed by atoms with Gasteiger partial charge in [-0.3, -0.25) is 14.4 Å². The molecule has 0 radical (unpaired) electrons. The van der Waals surface area contributed by atoms with Crippen LogP contribution in [0.25, 0.3) is 0 Å². The van der Waals surface area contributed by atoms with Crippen LogP contribution in [-0.2, 0) is 21.3 Å². The van der Waals surface area contributed by atoms with Crippen molar-refractivity contribution in [3.8, 4) is 0 Å². The molecule has 2 fully saturated rings. The molecule has 2 aliphatic rings. The van der Waals surface area contributed by atoms with E-state index in [2.05, 4.69) is 10.1 Å². The summed E-state index contributed by atoms with van der Waals surface area (Å²) in [7, 11) is 3.11. The number of benzene rings is 1. The molecule has 10 heteroatoms. The first kappa shape index (κ1) is 25.6. The summed E-state index contributed by atoms with van der Waals surface area (Å²) in [5.74, 6) is -0.119. The fourth-order valence-electron chi connectivity index (χ4n) is 4.35. The minimum Gasteiger partial charge on any atom is -0.399 e. The highest BCUT2D eigenvalue weighted by molar-refractivity contribution is 6.62. The van der Waals surface area contributed by atoms with E-state index in [9.17, 15) is 9.90 Å². The maximum absolute atomic E-state index is 12.8. The van der Waals surface area contributed by atoms with Gasteiger partial charge in [0.15, 0.2) is 0 Å². The highest BCUT2D eigenvalue weighted by Crippen LogP contribution is 2.44. The lowest BCUT2D eigenvalue weighted by molar-refractivity contribution is 0.00578. The summed E-state index contributed by atoms with van der Waals surface area (Å²) < 4.78 is 13.8. The van der Waals surface area contributed by atoms with E-state index in [0.717, 1.165) is 30.3 Å². The third-order valence-electron chi connectivity index (χ3n) is 7.73. The van der Waals surface area contributed by atoms with E-state index in [1.165, 1.54) is 10.9 Å². The maximum atomic E-state index is 12.8. The van der Waals surface area contributed by atoms with E-state index in [0.29, 0.717) is 11.4 Å². The zero-order valence-corrected chi connectivity index (χ0v) is 21.5. The molecule has 4 rings (SSSR count). The Morgan fingerprint density at radius 3 is 2.31 bits per heavy atom. The van der Waals surface area contributed by atoms with Gasteiger partial charge in [0.1, 0.15) is 12.1 Å². The SMILES string of the molecule is CN(C)C(O)Cn1cc(C(=O)N=C(N)C2(c3ccc(B4OC(C)(C)C(C)(C)O4)cc3)CCC2)cn1. The van der Waals surface area contributed by atoms with Gasteiger partial charge in [-0.25, -0.2) is 0 Å². The number of amidine groups is 1.